The van der Waals surface area contributed by atoms with E-state index in [1.54, 1.807) is 16.0 Å². The predicted octanol–water partition coefficient (Wildman–Crippen LogP) is 3.08. The third kappa shape index (κ3) is 3.39. The molecule has 0 saturated carbocycles. The Balaban J connectivity index is 1.58. The zero-order chi connectivity index (χ0) is 19.1. The molecular weight excluding hydrogens is 358 g/mol. The molecule has 4 heterocycles. The number of hydrogen-bond acceptors (Lipinski definition) is 5. The topological polar surface area (TPSA) is 63.9 Å². The van der Waals surface area contributed by atoms with Gasteiger partial charge < -0.3 is 4.90 Å². The fourth-order valence-corrected chi connectivity index (χ4v) is 4.54. The van der Waals surface area contributed by atoms with Gasteiger partial charge in [0.25, 0.3) is 5.95 Å². The molecule has 7 heteroatoms. The van der Waals surface area contributed by atoms with E-state index in [0.717, 1.165) is 41.3 Å². The second kappa shape index (κ2) is 6.88. The summed E-state index contributed by atoms with van der Waals surface area (Å²) in [5.41, 5.74) is 5.85. The average Bonchev–Trinajstić information content (AvgIpc) is 3.19. The fourth-order valence-electron chi connectivity index (χ4n) is 3.65. The van der Waals surface area contributed by atoms with Crippen molar-refractivity contribution in [2.45, 2.75) is 47.1 Å². The Morgan fingerprint density at radius 2 is 1.93 bits per heavy atom. The summed E-state index contributed by atoms with van der Waals surface area (Å²) in [5, 5.41) is 6.72. The largest absolute Gasteiger partial charge is 0.338 e. The van der Waals surface area contributed by atoms with Crippen LogP contribution < -0.4 is 0 Å². The molecule has 0 bridgehead atoms. The normalized spacial score (nSPS) is 13.7. The molecular formula is C20H23N5OS. The fraction of sp³-hybridized carbons (Fsp3) is 0.400. The Kier molecular flexibility index (Phi) is 4.55. The lowest BCUT2D eigenvalue weighted by molar-refractivity contribution is -0.131. The Hall–Kier alpha value is -2.54. The predicted molar refractivity (Wildman–Crippen MR) is 105 cm³/mol. The average molecular weight is 382 g/mol. The summed E-state index contributed by atoms with van der Waals surface area (Å²) in [7, 11) is 0. The first-order valence-corrected chi connectivity index (χ1v) is 10.0. The molecule has 0 unspecified atom stereocenters. The lowest BCUT2D eigenvalue weighted by Crippen LogP contribution is -2.36. The summed E-state index contributed by atoms with van der Waals surface area (Å²) in [6.07, 6.45) is 1.31. The van der Waals surface area contributed by atoms with Crippen molar-refractivity contribution in [1.82, 2.24) is 24.6 Å². The van der Waals surface area contributed by atoms with Crippen molar-refractivity contribution in [1.29, 1.82) is 0 Å². The van der Waals surface area contributed by atoms with Gasteiger partial charge in [-0.2, -0.15) is 5.10 Å². The van der Waals surface area contributed by atoms with E-state index in [4.69, 9.17) is 0 Å². The van der Waals surface area contributed by atoms with E-state index in [9.17, 15) is 4.79 Å². The Bertz CT molecular complexity index is 999. The maximum atomic E-state index is 12.9. The van der Waals surface area contributed by atoms with Crippen molar-refractivity contribution in [2.24, 2.45) is 0 Å². The van der Waals surface area contributed by atoms with Crippen LogP contribution in [0.15, 0.2) is 17.5 Å². The number of aryl methyl sites for hydroxylation is 3. The maximum Gasteiger partial charge on any atom is 0.251 e. The maximum absolute atomic E-state index is 12.9. The Labute approximate surface area is 162 Å². The summed E-state index contributed by atoms with van der Waals surface area (Å²) in [4.78, 5) is 25.3. The molecule has 27 heavy (non-hydrogen) atoms. The van der Waals surface area contributed by atoms with E-state index in [1.165, 1.54) is 10.4 Å². The van der Waals surface area contributed by atoms with Crippen LogP contribution in [-0.4, -0.2) is 37.1 Å². The van der Waals surface area contributed by atoms with Crippen molar-refractivity contribution in [3.63, 3.8) is 0 Å². The first-order valence-electron chi connectivity index (χ1n) is 9.13. The lowest BCUT2D eigenvalue weighted by atomic mass is 10.1. The van der Waals surface area contributed by atoms with E-state index < -0.39 is 0 Å². The second-order valence-corrected chi connectivity index (χ2v) is 8.12. The van der Waals surface area contributed by atoms with Crippen LogP contribution in [0.2, 0.25) is 0 Å². The van der Waals surface area contributed by atoms with E-state index in [1.807, 2.05) is 38.7 Å². The third-order valence-corrected chi connectivity index (χ3v) is 6.11. The monoisotopic (exact) mass is 381 g/mol. The van der Waals surface area contributed by atoms with Crippen molar-refractivity contribution in [2.75, 3.05) is 6.54 Å². The van der Waals surface area contributed by atoms with Gasteiger partial charge in [0.2, 0.25) is 5.91 Å². The number of aromatic nitrogens is 4. The highest BCUT2D eigenvalue weighted by molar-refractivity contribution is 7.10. The Morgan fingerprint density at radius 3 is 2.67 bits per heavy atom. The van der Waals surface area contributed by atoms with Crippen LogP contribution in [0.25, 0.3) is 5.95 Å². The van der Waals surface area contributed by atoms with Gasteiger partial charge in [-0.25, -0.2) is 14.6 Å². The second-order valence-electron chi connectivity index (χ2n) is 7.12. The van der Waals surface area contributed by atoms with Gasteiger partial charge in [-0.15, -0.1) is 11.3 Å². The third-order valence-electron chi connectivity index (χ3n) is 5.09. The quantitative estimate of drug-likeness (QED) is 0.699. The lowest BCUT2D eigenvalue weighted by Gasteiger charge is -2.27. The number of hydrogen-bond donors (Lipinski definition) is 0. The minimum Gasteiger partial charge on any atom is -0.338 e. The van der Waals surface area contributed by atoms with Crippen LogP contribution in [0, 0.1) is 27.7 Å². The number of fused-ring (bicyclic) bond motifs is 1. The summed E-state index contributed by atoms with van der Waals surface area (Å²) in [6, 6.07) is 4.07. The van der Waals surface area contributed by atoms with E-state index in [-0.39, 0.29) is 5.91 Å². The highest BCUT2D eigenvalue weighted by atomic mass is 32.1. The van der Waals surface area contributed by atoms with Crippen LogP contribution >= 0.6 is 11.3 Å². The molecule has 0 N–H and O–H groups in total. The molecule has 3 aromatic heterocycles. The van der Waals surface area contributed by atoms with Gasteiger partial charge in [0.1, 0.15) is 0 Å². The number of amides is 1. The van der Waals surface area contributed by atoms with E-state index in [2.05, 4.69) is 26.5 Å². The standard InChI is InChI=1S/C20H23N5OS/c1-12-9-13(2)22-20(21-12)25-15(4)17(14(3)23-25)10-19(26)24-7-5-18-16(11-24)6-8-27-18/h6,8-9H,5,7,10-11H2,1-4H3. The van der Waals surface area contributed by atoms with Crippen molar-refractivity contribution >= 4 is 17.2 Å². The number of carbonyl (C=O) groups excluding carboxylic acids is 1. The first-order chi connectivity index (χ1) is 12.9. The van der Waals surface area contributed by atoms with Gasteiger partial charge >= 0.3 is 0 Å². The van der Waals surface area contributed by atoms with Crippen molar-refractivity contribution in [3.05, 3.63) is 56.3 Å². The molecule has 140 valence electrons. The van der Waals surface area contributed by atoms with Gasteiger partial charge in [0, 0.05) is 40.6 Å². The number of rotatable bonds is 3. The highest BCUT2D eigenvalue weighted by Crippen LogP contribution is 2.25. The molecule has 1 amide bonds. The zero-order valence-corrected chi connectivity index (χ0v) is 16.9. The molecule has 4 rings (SSSR count). The van der Waals surface area contributed by atoms with Crippen LogP contribution in [0.5, 0.6) is 0 Å². The van der Waals surface area contributed by atoms with Gasteiger partial charge in [-0.1, -0.05) is 0 Å². The van der Waals surface area contributed by atoms with Crippen LogP contribution in [0.4, 0.5) is 0 Å². The van der Waals surface area contributed by atoms with Crippen molar-refractivity contribution in [3.8, 4) is 5.95 Å². The van der Waals surface area contributed by atoms with Gasteiger partial charge in [0.05, 0.1) is 12.1 Å². The van der Waals surface area contributed by atoms with Gasteiger partial charge in [-0.3, -0.25) is 4.79 Å². The molecule has 0 atom stereocenters. The minimum atomic E-state index is 0.152. The zero-order valence-electron chi connectivity index (χ0n) is 16.1. The SMILES string of the molecule is Cc1cc(C)nc(-n2nc(C)c(CC(=O)N3CCc4sccc4C3)c2C)n1. The van der Waals surface area contributed by atoms with Crippen LogP contribution in [0.3, 0.4) is 0 Å². The molecule has 0 aromatic carbocycles. The summed E-state index contributed by atoms with van der Waals surface area (Å²) < 4.78 is 1.76. The Morgan fingerprint density at radius 1 is 1.19 bits per heavy atom. The molecule has 0 radical (unpaired) electrons. The van der Waals surface area contributed by atoms with Gasteiger partial charge in [-0.05, 0) is 57.2 Å². The first kappa shape index (κ1) is 17.9. The van der Waals surface area contributed by atoms with Crippen LogP contribution in [0.1, 0.15) is 38.8 Å². The molecule has 1 aliphatic heterocycles. The molecule has 0 aliphatic carbocycles. The van der Waals surface area contributed by atoms with Crippen LogP contribution in [-0.2, 0) is 24.2 Å². The van der Waals surface area contributed by atoms with Crippen molar-refractivity contribution < 1.29 is 4.79 Å². The molecule has 0 spiro atoms. The molecule has 3 aromatic rings. The number of carbonyl (C=O) groups is 1. The number of thiophene rings is 1. The van der Waals surface area contributed by atoms with Gasteiger partial charge in [0.15, 0.2) is 0 Å². The summed E-state index contributed by atoms with van der Waals surface area (Å²) in [5.74, 6) is 0.714. The molecule has 0 fully saturated rings. The minimum absolute atomic E-state index is 0.152. The smallest absolute Gasteiger partial charge is 0.251 e. The molecule has 6 nitrogen and oxygen atoms in total. The summed E-state index contributed by atoms with van der Waals surface area (Å²) >= 11 is 1.79. The molecule has 1 aliphatic rings. The van der Waals surface area contributed by atoms with E-state index >= 15 is 0 Å². The molecule has 0 saturated heterocycles. The summed E-state index contributed by atoms with van der Waals surface area (Å²) in [6.45, 7) is 9.33. The van der Waals surface area contributed by atoms with E-state index in [0.29, 0.717) is 18.9 Å². The highest BCUT2D eigenvalue weighted by Gasteiger charge is 2.24. The number of nitrogens with zero attached hydrogens (tertiary/aromatic N) is 5.